The maximum absolute atomic E-state index is 9.90. The summed E-state index contributed by atoms with van der Waals surface area (Å²) >= 11 is 1.84. The number of hydrogen-bond donors (Lipinski definition) is 1. The minimum absolute atomic E-state index is 0.588. The molecule has 1 aliphatic heterocycles. The Morgan fingerprint density at radius 1 is 1.30 bits per heavy atom. The van der Waals surface area contributed by atoms with Crippen LogP contribution < -0.4 is 0 Å². The third-order valence-electron chi connectivity index (χ3n) is 3.86. The van der Waals surface area contributed by atoms with Crippen LogP contribution in [0.4, 0.5) is 0 Å². The molecule has 0 unspecified atom stereocenters. The molecule has 0 saturated carbocycles. The van der Waals surface area contributed by atoms with Gasteiger partial charge in [0.2, 0.25) is 0 Å². The highest BCUT2D eigenvalue weighted by Gasteiger charge is 2.26. The number of β-amino-alcohol motifs (C(OH)–C–C–N with tert-alkyl or cyclic N) is 1. The summed E-state index contributed by atoms with van der Waals surface area (Å²) in [6.45, 7) is 6.65. The van der Waals surface area contributed by atoms with Gasteiger partial charge in [-0.1, -0.05) is 12.1 Å². The standard InChI is InChI=1S/C16H22N2OS/c1-16(2,19)11-18-9-7-12(8-10-18)15-17-13-5-3-4-6-14(13)20-15/h3-6,12,19H,7-11H2,1-2H3. The van der Waals surface area contributed by atoms with Gasteiger partial charge in [-0.25, -0.2) is 4.98 Å². The van der Waals surface area contributed by atoms with Crippen molar-refractivity contribution in [2.45, 2.75) is 38.2 Å². The van der Waals surface area contributed by atoms with Crippen LogP contribution in [0.1, 0.15) is 37.6 Å². The van der Waals surface area contributed by atoms with Gasteiger partial charge in [0.05, 0.1) is 20.8 Å². The molecule has 20 heavy (non-hydrogen) atoms. The van der Waals surface area contributed by atoms with Crippen molar-refractivity contribution in [2.24, 2.45) is 0 Å². The summed E-state index contributed by atoms with van der Waals surface area (Å²) in [6.07, 6.45) is 2.30. The summed E-state index contributed by atoms with van der Waals surface area (Å²) in [5, 5.41) is 11.2. The zero-order chi connectivity index (χ0) is 14.2. The Morgan fingerprint density at radius 2 is 2.00 bits per heavy atom. The second-order valence-corrected chi connectivity index (χ2v) is 7.44. The molecule has 0 spiro atoms. The Labute approximate surface area is 124 Å². The van der Waals surface area contributed by atoms with Gasteiger partial charge in [0.15, 0.2) is 0 Å². The van der Waals surface area contributed by atoms with Crippen LogP contribution in [0.3, 0.4) is 0 Å². The van der Waals surface area contributed by atoms with Gasteiger partial charge in [-0.15, -0.1) is 11.3 Å². The first-order valence-corrected chi connectivity index (χ1v) is 8.13. The van der Waals surface area contributed by atoms with E-state index in [9.17, 15) is 5.11 Å². The second-order valence-electron chi connectivity index (χ2n) is 6.38. The van der Waals surface area contributed by atoms with Crippen LogP contribution in [-0.4, -0.2) is 40.2 Å². The first-order chi connectivity index (χ1) is 9.51. The van der Waals surface area contributed by atoms with E-state index in [1.807, 2.05) is 25.2 Å². The van der Waals surface area contributed by atoms with Crippen LogP contribution >= 0.6 is 11.3 Å². The summed E-state index contributed by atoms with van der Waals surface area (Å²) in [5.74, 6) is 0.588. The average Bonchev–Trinajstić information content (AvgIpc) is 2.81. The molecule has 1 fully saturated rings. The molecule has 1 aliphatic rings. The third kappa shape index (κ3) is 3.19. The number of para-hydroxylation sites is 1. The fraction of sp³-hybridized carbons (Fsp3) is 0.562. The molecular formula is C16H22N2OS. The summed E-state index contributed by atoms with van der Waals surface area (Å²) in [7, 11) is 0. The lowest BCUT2D eigenvalue weighted by Crippen LogP contribution is -2.42. The molecule has 0 amide bonds. The van der Waals surface area contributed by atoms with Crippen molar-refractivity contribution < 1.29 is 5.11 Å². The SMILES string of the molecule is CC(C)(O)CN1CCC(c2nc3ccccc3s2)CC1. The molecule has 1 N–H and O–H groups in total. The fourth-order valence-electron chi connectivity index (χ4n) is 2.95. The molecule has 0 aliphatic carbocycles. The maximum atomic E-state index is 9.90. The number of rotatable bonds is 3. The van der Waals surface area contributed by atoms with Crippen LogP contribution in [0.5, 0.6) is 0 Å². The minimum Gasteiger partial charge on any atom is -0.389 e. The zero-order valence-electron chi connectivity index (χ0n) is 12.2. The van der Waals surface area contributed by atoms with Crippen molar-refractivity contribution in [3.63, 3.8) is 0 Å². The molecule has 4 heteroatoms. The normalized spacial score (nSPS) is 18.8. The highest BCUT2D eigenvalue weighted by atomic mass is 32.1. The van der Waals surface area contributed by atoms with Crippen LogP contribution in [0.2, 0.25) is 0 Å². The summed E-state index contributed by atoms with van der Waals surface area (Å²) in [5.41, 5.74) is 0.536. The number of benzene rings is 1. The van der Waals surface area contributed by atoms with E-state index in [-0.39, 0.29) is 0 Å². The topological polar surface area (TPSA) is 36.4 Å². The number of aromatic nitrogens is 1. The molecule has 2 heterocycles. The molecule has 0 bridgehead atoms. The van der Waals surface area contributed by atoms with Crippen LogP contribution in [0.15, 0.2) is 24.3 Å². The fourth-order valence-corrected chi connectivity index (χ4v) is 4.09. The highest BCUT2D eigenvalue weighted by Crippen LogP contribution is 2.33. The molecular weight excluding hydrogens is 268 g/mol. The molecule has 0 atom stereocenters. The lowest BCUT2D eigenvalue weighted by atomic mass is 9.96. The van der Waals surface area contributed by atoms with Crippen molar-refractivity contribution in [1.29, 1.82) is 0 Å². The summed E-state index contributed by atoms with van der Waals surface area (Å²) < 4.78 is 1.29. The van der Waals surface area contributed by atoms with Crippen molar-refractivity contribution in [3.8, 4) is 0 Å². The van der Waals surface area contributed by atoms with E-state index >= 15 is 0 Å². The number of aliphatic hydroxyl groups is 1. The van der Waals surface area contributed by atoms with Crippen molar-refractivity contribution in [3.05, 3.63) is 29.3 Å². The zero-order valence-corrected chi connectivity index (χ0v) is 13.0. The quantitative estimate of drug-likeness (QED) is 0.942. The third-order valence-corrected chi connectivity index (χ3v) is 5.06. The smallest absolute Gasteiger partial charge is 0.0970 e. The predicted molar refractivity (Wildman–Crippen MR) is 84.3 cm³/mol. The second kappa shape index (κ2) is 5.43. The lowest BCUT2D eigenvalue weighted by Gasteiger charge is -2.34. The Bertz CT molecular complexity index is 546. The van der Waals surface area contributed by atoms with E-state index in [1.165, 1.54) is 9.71 Å². The van der Waals surface area contributed by atoms with Crippen LogP contribution in [-0.2, 0) is 0 Å². The van der Waals surface area contributed by atoms with Crippen molar-refractivity contribution >= 4 is 21.6 Å². The first-order valence-electron chi connectivity index (χ1n) is 7.31. The minimum atomic E-state index is -0.595. The van der Waals surface area contributed by atoms with E-state index < -0.39 is 5.60 Å². The molecule has 108 valence electrons. The Balaban J connectivity index is 1.66. The number of thiazole rings is 1. The van der Waals surface area contributed by atoms with Gasteiger partial charge in [0.25, 0.3) is 0 Å². The monoisotopic (exact) mass is 290 g/mol. The van der Waals surface area contributed by atoms with Crippen molar-refractivity contribution in [2.75, 3.05) is 19.6 Å². The molecule has 3 rings (SSSR count). The summed E-state index contributed by atoms with van der Waals surface area (Å²) in [6, 6.07) is 8.38. The van der Waals surface area contributed by atoms with Crippen LogP contribution in [0, 0.1) is 0 Å². The number of likely N-dealkylation sites (tertiary alicyclic amines) is 1. The molecule has 1 aromatic heterocycles. The van der Waals surface area contributed by atoms with Gasteiger partial charge in [-0.2, -0.15) is 0 Å². The van der Waals surface area contributed by atoms with E-state index in [0.29, 0.717) is 5.92 Å². The molecule has 0 radical (unpaired) electrons. The first kappa shape index (κ1) is 14.0. The van der Waals surface area contributed by atoms with Crippen molar-refractivity contribution in [1.82, 2.24) is 9.88 Å². The van der Waals surface area contributed by atoms with Gasteiger partial charge in [-0.3, -0.25) is 0 Å². The van der Waals surface area contributed by atoms with Gasteiger partial charge < -0.3 is 10.0 Å². The maximum Gasteiger partial charge on any atom is 0.0970 e. The van der Waals surface area contributed by atoms with Gasteiger partial charge in [-0.05, 0) is 51.9 Å². The Kier molecular flexibility index (Phi) is 3.80. The number of hydrogen-bond acceptors (Lipinski definition) is 4. The van der Waals surface area contributed by atoms with Gasteiger partial charge in [0, 0.05) is 12.5 Å². The van der Waals surface area contributed by atoms with E-state index in [4.69, 9.17) is 4.98 Å². The Hall–Kier alpha value is -0.970. The lowest BCUT2D eigenvalue weighted by molar-refractivity contribution is 0.0282. The number of fused-ring (bicyclic) bond motifs is 1. The Morgan fingerprint density at radius 3 is 2.65 bits per heavy atom. The van der Waals surface area contributed by atoms with E-state index in [1.54, 1.807) is 0 Å². The average molecular weight is 290 g/mol. The summed E-state index contributed by atoms with van der Waals surface area (Å²) in [4.78, 5) is 7.15. The number of piperidine rings is 1. The van der Waals surface area contributed by atoms with E-state index in [2.05, 4.69) is 29.2 Å². The highest BCUT2D eigenvalue weighted by molar-refractivity contribution is 7.18. The molecule has 1 saturated heterocycles. The van der Waals surface area contributed by atoms with Gasteiger partial charge in [0.1, 0.15) is 0 Å². The molecule has 1 aromatic carbocycles. The molecule has 2 aromatic rings. The largest absolute Gasteiger partial charge is 0.389 e. The van der Waals surface area contributed by atoms with Crippen LogP contribution in [0.25, 0.3) is 10.2 Å². The van der Waals surface area contributed by atoms with E-state index in [0.717, 1.165) is 38.0 Å². The predicted octanol–water partition coefficient (Wildman–Crippen LogP) is 3.25. The van der Waals surface area contributed by atoms with Gasteiger partial charge >= 0.3 is 0 Å². The number of nitrogens with zero attached hydrogens (tertiary/aromatic N) is 2. The molecule has 3 nitrogen and oxygen atoms in total.